The van der Waals surface area contributed by atoms with E-state index in [0.29, 0.717) is 18.7 Å². The lowest BCUT2D eigenvalue weighted by molar-refractivity contribution is -0.137. The fourth-order valence-corrected chi connectivity index (χ4v) is 4.75. The molecule has 4 rings (SSSR count). The van der Waals surface area contributed by atoms with Crippen molar-refractivity contribution in [1.82, 2.24) is 10.1 Å². The zero-order valence-corrected chi connectivity index (χ0v) is 17.2. The summed E-state index contributed by atoms with van der Waals surface area (Å²) in [4.78, 5) is 16.3. The molecule has 2 heterocycles. The van der Waals surface area contributed by atoms with Gasteiger partial charge in [-0.05, 0) is 36.8 Å². The smallest absolute Gasteiger partial charge is 0.416 e. The standard InChI is InChI=1S/C20H16F3N3O5S/c21-20(22,23)15-6-1-4-13(10-15)18-24-17(31-25-18)12-30-19(27)14-5-2-7-16(11-14)26-8-3-9-32(26,28)29/h1-2,4-7,10-11H,3,8-9,12H2. The zero-order valence-electron chi connectivity index (χ0n) is 16.4. The average Bonchev–Trinajstić information content (AvgIpc) is 3.37. The van der Waals surface area contributed by atoms with Gasteiger partial charge in [0.25, 0.3) is 5.89 Å². The number of rotatable bonds is 5. The molecule has 1 saturated heterocycles. The predicted octanol–water partition coefficient (Wildman–Crippen LogP) is 3.65. The first-order valence-electron chi connectivity index (χ1n) is 9.41. The summed E-state index contributed by atoms with van der Waals surface area (Å²) in [6, 6.07) is 10.4. The molecule has 1 aliphatic rings. The van der Waals surface area contributed by atoms with Crippen LogP contribution < -0.4 is 4.31 Å². The second-order valence-electron chi connectivity index (χ2n) is 6.96. The SMILES string of the molecule is O=C(OCc1nc(-c2cccc(C(F)(F)F)c2)no1)c1cccc(N2CCCS2(=O)=O)c1. The third-order valence-electron chi connectivity index (χ3n) is 4.71. The van der Waals surface area contributed by atoms with Crippen LogP contribution in [-0.2, 0) is 27.5 Å². The fraction of sp³-hybridized carbons (Fsp3) is 0.250. The van der Waals surface area contributed by atoms with Gasteiger partial charge < -0.3 is 9.26 Å². The molecule has 0 aliphatic carbocycles. The van der Waals surface area contributed by atoms with Crippen molar-refractivity contribution in [1.29, 1.82) is 0 Å². The van der Waals surface area contributed by atoms with Gasteiger partial charge >= 0.3 is 12.1 Å². The Hall–Kier alpha value is -3.41. The summed E-state index contributed by atoms with van der Waals surface area (Å²) in [6.07, 6.45) is -4.01. The molecule has 1 fully saturated rings. The number of esters is 1. The first kappa shape index (κ1) is 21.8. The largest absolute Gasteiger partial charge is 0.452 e. The normalized spacial score (nSPS) is 15.7. The van der Waals surface area contributed by atoms with Crippen molar-refractivity contribution in [2.24, 2.45) is 0 Å². The van der Waals surface area contributed by atoms with Crippen LogP contribution in [0.15, 0.2) is 53.1 Å². The van der Waals surface area contributed by atoms with Crippen LogP contribution in [0.4, 0.5) is 18.9 Å². The van der Waals surface area contributed by atoms with Crippen molar-refractivity contribution in [3.8, 4) is 11.4 Å². The second kappa shape index (κ2) is 8.26. The maximum absolute atomic E-state index is 12.9. The number of anilines is 1. The number of hydrogen-bond acceptors (Lipinski definition) is 7. The van der Waals surface area contributed by atoms with Crippen LogP contribution in [0.3, 0.4) is 0 Å². The van der Waals surface area contributed by atoms with Crippen molar-refractivity contribution < 1.29 is 35.6 Å². The van der Waals surface area contributed by atoms with Crippen molar-refractivity contribution in [3.05, 3.63) is 65.5 Å². The van der Waals surface area contributed by atoms with Gasteiger partial charge in [0.1, 0.15) is 0 Å². The highest BCUT2D eigenvalue weighted by molar-refractivity contribution is 7.93. The third kappa shape index (κ3) is 4.59. The lowest BCUT2D eigenvalue weighted by Gasteiger charge is -2.17. The molecule has 0 bridgehead atoms. The van der Waals surface area contributed by atoms with E-state index < -0.39 is 34.3 Å². The number of carbonyl (C=O) groups is 1. The van der Waals surface area contributed by atoms with Crippen molar-refractivity contribution >= 4 is 21.7 Å². The van der Waals surface area contributed by atoms with Crippen LogP contribution in [0, 0.1) is 0 Å². The number of nitrogens with zero attached hydrogens (tertiary/aromatic N) is 3. The predicted molar refractivity (Wildman–Crippen MR) is 106 cm³/mol. The van der Waals surface area contributed by atoms with E-state index >= 15 is 0 Å². The summed E-state index contributed by atoms with van der Waals surface area (Å²) in [5, 5.41) is 3.62. The molecule has 2 aromatic carbocycles. The zero-order chi connectivity index (χ0) is 22.9. The molecule has 12 heteroatoms. The van der Waals surface area contributed by atoms with E-state index in [1.807, 2.05) is 0 Å². The maximum atomic E-state index is 12.9. The molecule has 168 valence electrons. The van der Waals surface area contributed by atoms with Crippen LogP contribution in [0.25, 0.3) is 11.4 Å². The van der Waals surface area contributed by atoms with Gasteiger partial charge in [-0.15, -0.1) is 0 Å². The molecule has 3 aromatic rings. The molecule has 0 saturated carbocycles. The van der Waals surface area contributed by atoms with E-state index in [0.717, 1.165) is 12.1 Å². The Kier molecular flexibility index (Phi) is 5.63. The molecule has 0 unspecified atom stereocenters. The van der Waals surface area contributed by atoms with Crippen LogP contribution >= 0.6 is 0 Å². The van der Waals surface area contributed by atoms with Crippen molar-refractivity contribution in [2.75, 3.05) is 16.6 Å². The Morgan fingerprint density at radius 1 is 1.16 bits per heavy atom. The van der Waals surface area contributed by atoms with Gasteiger partial charge in [0.2, 0.25) is 15.8 Å². The Balaban J connectivity index is 1.44. The first-order chi connectivity index (χ1) is 15.1. The molecule has 0 spiro atoms. The highest BCUT2D eigenvalue weighted by Gasteiger charge is 2.31. The summed E-state index contributed by atoms with van der Waals surface area (Å²) < 4.78 is 74.1. The lowest BCUT2D eigenvalue weighted by atomic mass is 10.1. The number of aromatic nitrogens is 2. The molecule has 0 N–H and O–H groups in total. The number of sulfonamides is 1. The molecular weight excluding hydrogens is 451 g/mol. The number of alkyl halides is 3. The molecule has 0 radical (unpaired) electrons. The number of hydrogen-bond donors (Lipinski definition) is 0. The van der Waals surface area contributed by atoms with Crippen molar-refractivity contribution in [3.63, 3.8) is 0 Å². The Morgan fingerprint density at radius 2 is 1.94 bits per heavy atom. The maximum Gasteiger partial charge on any atom is 0.416 e. The topological polar surface area (TPSA) is 103 Å². The van der Waals surface area contributed by atoms with Crippen LogP contribution in [-0.4, -0.2) is 36.8 Å². The highest BCUT2D eigenvalue weighted by atomic mass is 32.2. The number of benzene rings is 2. The minimum Gasteiger partial charge on any atom is -0.452 e. The van der Waals surface area contributed by atoms with E-state index in [1.54, 1.807) is 6.07 Å². The molecule has 8 nitrogen and oxygen atoms in total. The quantitative estimate of drug-likeness (QED) is 0.528. The summed E-state index contributed by atoms with van der Waals surface area (Å²) in [7, 11) is -3.40. The number of carbonyl (C=O) groups excluding carboxylic acids is 1. The molecule has 1 aromatic heterocycles. The van der Waals surface area contributed by atoms with Gasteiger partial charge in [-0.2, -0.15) is 18.2 Å². The Morgan fingerprint density at radius 3 is 2.66 bits per heavy atom. The van der Waals surface area contributed by atoms with Gasteiger partial charge in [0, 0.05) is 12.1 Å². The molecule has 32 heavy (non-hydrogen) atoms. The van der Waals surface area contributed by atoms with Gasteiger partial charge in [-0.1, -0.05) is 23.4 Å². The van der Waals surface area contributed by atoms with E-state index in [2.05, 4.69) is 10.1 Å². The van der Waals surface area contributed by atoms with Gasteiger partial charge in [0.15, 0.2) is 6.61 Å². The summed E-state index contributed by atoms with van der Waals surface area (Å²) in [5.74, 6) is -0.887. The Bertz CT molecular complexity index is 1260. The average molecular weight is 467 g/mol. The molecule has 0 amide bonds. The summed E-state index contributed by atoms with van der Waals surface area (Å²) in [5.41, 5.74) is -0.267. The van der Waals surface area contributed by atoms with E-state index in [-0.39, 0.29) is 28.6 Å². The van der Waals surface area contributed by atoms with Crippen LogP contribution in [0.1, 0.15) is 28.2 Å². The molecule has 1 aliphatic heterocycles. The van der Waals surface area contributed by atoms with Crippen LogP contribution in [0.5, 0.6) is 0 Å². The van der Waals surface area contributed by atoms with Crippen LogP contribution in [0.2, 0.25) is 0 Å². The minimum absolute atomic E-state index is 0.0487. The van der Waals surface area contributed by atoms with E-state index in [1.165, 1.54) is 34.6 Å². The Labute approximate surface area is 180 Å². The summed E-state index contributed by atoms with van der Waals surface area (Å²) >= 11 is 0. The fourth-order valence-electron chi connectivity index (χ4n) is 3.19. The number of ether oxygens (including phenoxy) is 1. The van der Waals surface area contributed by atoms with E-state index in [9.17, 15) is 26.4 Å². The first-order valence-corrected chi connectivity index (χ1v) is 11.0. The summed E-state index contributed by atoms with van der Waals surface area (Å²) in [6.45, 7) is -0.0713. The third-order valence-corrected chi connectivity index (χ3v) is 6.58. The lowest BCUT2D eigenvalue weighted by Crippen LogP contribution is -2.25. The molecule has 0 atom stereocenters. The highest BCUT2D eigenvalue weighted by Crippen LogP contribution is 2.31. The second-order valence-corrected chi connectivity index (χ2v) is 8.97. The van der Waals surface area contributed by atoms with E-state index in [4.69, 9.17) is 9.26 Å². The number of halogens is 3. The van der Waals surface area contributed by atoms with Crippen molar-refractivity contribution in [2.45, 2.75) is 19.2 Å². The van der Waals surface area contributed by atoms with Gasteiger partial charge in [0.05, 0.1) is 22.6 Å². The van der Waals surface area contributed by atoms with Gasteiger partial charge in [-0.25, -0.2) is 13.2 Å². The molecular formula is C20H16F3N3O5S. The monoisotopic (exact) mass is 467 g/mol. The minimum atomic E-state index is -4.51. The van der Waals surface area contributed by atoms with Gasteiger partial charge in [-0.3, -0.25) is 4.31 Å².